The SMILES string of the molecule is CC(C)CC(C)(I)[CH]I. The standard InChI is InChI=1S/C7H13I2/c1-6(2)4-7(3,9)5-8/h5-6H,4H2,1-3H3. The van der Waals surface area contributed by atoms with Crippen LogP contribution >= 0.6 is 45.2 Å². The van der Waals surface area contributed by atoms with Crippen LogP contribution in [0.3, 0.4) is 0 Å². The van der Waals surface area contributed by atoms with Gasteiger partial charge in [-0.15, -0.1) is 0 Å². The van der Waals surface area contributed by atoms with Gasteiger partial charge < -0.3 is 0 Å². The van der Waals surface area contributed by atoms with Crippen molar-refractivity contribution in [3.8, 4) is 0 Å². The van der Waals surface area contributed by atoms with Crippen molar-refractivity contribution in [2.45, 2.75) is 30.6 Å². The van der Waals surface area contributed by atoms with Crippen LogP contribution in [-0.2, 0) is 0 Å². The van der Waals surface area contributed by atoms with Gasteiger partial charge >= 0.3 is 0 Å². The third kappa shape index (κ3) is 5.88. The largest absolute Gasteiger partial charge is 0.0800 e. The summed E-state index contributed by atoms with van der Waals surface area (Å²) in [5.74, 6) is 0.804. The molecule has 0 aromatic rings. The van der Waals surface area contributed by atoms with E-state index in [1.165, 1.54) is 6.42 Å². The lowest BCUT2D eigenvalue weighted by atomic mass is 10.0. The highest BCUT2D eigenvalue weighted by molar-refractivity contribution is 14.1. The topological polar surface area (TPSA) is 0 Å². The Labute approximate surface area is 85.5 Å². The Morgan fingerprint density at radius 1 is 1.56 bits per heavy atom. The molecule has 0 heterocycles. The highest BCUT2D eigenvalue weighted by Crippen LogP contribution is 2.31. The molecule has 0 bridgehead atoms. The molecular formula is C7H13I2. The van der Waals surface area contributed by atoms with Crippen molar-refractivity contribution < 1.29 is 0 Å². The van der Waals surface area contributed by atoms with Crippen LogP contribution < -0.4 is 0 Å². The molecule has 55 valence electrons. The molecule has 0 saturated heterocycles. The summed E-state index contributed by atoms with van der Waals surface area (Å²) < 4.78 is 2.64. The van der Waals surface area contributed by atoms with E-state index in [2.05, 4.69) is 70.4 Å². The van der Waals surface area contributed by atoms with Crippen molar-refractivity contribution in [1.82, 2.24) is 0 Å². The van der Waals surface area contributed by atoms with Gasteiger partial charge in [0.15, 0.2) is 0 Å². The Bertz CT molecular complexity index is 77.0. The Kier molecular flexibility index (Phi) is 5.07. The number of rotatable bonds is 3. The fourth-order valence-corrected chi connectivity index (χ4v) is 1.98. The molecule has 0 aliphatic heterocycles. The van der Waals surface area contributed by atoms with E-state index in [1.54, 1.807) is 0 Å². The average molecular weight is 351 g/mol. The van der Waals surface area contributed by atoms with Gasteiger partial charge in [-0.25, -0.2) is 0 Å². The molecule has 0 nitrogen and oxygen atoms in total. The van der Waals surface area contributed by atoms with Gasteiger partial charge in [-0.2, -0.15) is 0 Å². The maximum atomic E-state index is 2.49. The summed E-state index contributed by atoms with van der Waals surface area (Å²) in [6, 6.07) is 0. The summed E-state index contributed by atoms with van der Waals surface area (Å²) in [4.78, 5) is 0. The van der Waals surface area contributed by atoms with Crippen LogP contribution in [-0.4, -0.2) is 3.42 Å². The first-order valence-corrected chi connectivity index (χ1v) is 5.44. The van der Waals surface area contributed by atoms with Crippen LogP contribution in [0.25, 0.3) is 0 Å². The molecule has 0 rings (SSSR count). The molecule has 0 aliphatic rings. The van der Waals surface area contributed by atoms with Crippen molar-refractivity contribution in [2.75, 3.05) is 0 Å². The lowest BCUT2D eigenvalue weighted by Crippen LogP contribution is -2.15. The first-order valence-electron chi connectivity index (χ1n) is 3.11. The smallest absolute Gasteiger partial charge is 0.0384 e. The normalized spacial score (nSPS) is 18.0. The van der Waals surface area contributed by atoms with E-state index >= 15 is 0 Å². The minimum Gasteiger partial charge on any atom is -0.0800 e. The Morgan fingerprint density at radius 3 is 2.11 bits per heavy atom. The first kappa shape index (κ1) is 10.5. The maximum absolute atomic E-state index is 2.49. The quantitative estimate of drug-likeness (QED) is 0.536. The molecule has 0 N–H and O–H groups in total. The molecule has 0 aliphatic carbocycles. The van der Waals surface area contributed by atoms with Crippen molar-refractivity contribution in [2.24, 2.45) is 5.92 Å². The van der Waals surface area contributed by atoms with Crippen LogP contribution in [0.2, 0.25) is 0 Å². The third-order valence-electron chi connectivity index (χ3n) is 1.03. The predicted molar refractivity (Wildman–Crippen MR) is 60.2 cm³/mol. The Hall–Kier alpha value is 1.46. The van der Waals surface area contributed by atoms with Gasteiger partial charge in [0, 0.05) is 7.85 Å². The van der Waals surface area contributed by atoms with Gasteiger partial charge in [0.2, 0.25) is 0 Å². The summed E-state index contributed by atoms with van der Waals surface area (Å²) in [6.45, 7) is 6.79. The number of hydrogen-bond acceptors (Lipinski definition) is 0. The first-order chi connectivity index (χ1) is 3.98. The molecule has 0 saturated carbocycles. The molecule has 1 unspecified atom stereocenters. The lowest BCUT2D eigenvalue weighted by Gasteiger charge is -2.20. The molecule has 1 atom stereocenters. The summed E-state index contributed by atoms with van der Waals surface area (Å²) in [5.41, 5.74) is 0. The van der Waals surface area contributed by atoms with Crippen LogP contribution in [0, 0.1) is 10.3 Å². The Morgan fingerprint density at radius 2 is 2.00 bits per heavy atom. The summed E-state index contributed by atoms with van der Waals surface area (Å²) in [7, 11) is 0. The second kappa shape index (κ2) is 4.36. The summed E-state index contributed by atoms with van der Waals surface area (Å²) in [6.07, 6.45) is 1.27. The van der Waals surface area contributed by atoms with Crippen LogP contribution in [0.4, 0.5) is 0 Å². The molecular weight excluding hydrogens is 338 g/mol. The lowest BCUT2D eigenvalue weighted by molar-refractivity contribution is 0.542. The fraction of sp³-hybridized carbons (Fsp3) is 0.857. The minimum atomic E-state index is 0.395. The van der Waals surface area contributed by atoms with Gasteiger partial charge in [-0.3, -0.25) is 0 Å². The molecule has 0 aromatic carbocycles. The number of alkyl halides is 1. The van der Waals surface area contributed by atoms with Crippen LogP contribution in [0.15, 0.2) is 0 Å². The van der Waals surface area contributed by atoms with E-state index in [9.17, 15) is 0 Å². The van der Waals surface area contributed by atoms with Crippen molar-refractivity contribution >= 4 is 45.2 Å². The molecule has 0 amide bonds. The monoisotopic (exact) mass is 351 g/mol. The Balaban J connectivity index is 3.58. The molecule has 1 radical (unpaired) electrons. The molecule has 2 heteroatoms. The highest BCUT2D eigenvalue weighted by atomic mass is 127. The number of hydrogen-bond donors (Lipinski definition) is 0. The van der Waals surface area contributed by atoms with E-state index in [-0.39, 0.29) is 0 Å². The van der Waals surface area contributed by atoms with Crippen molar-refractivity contribution in [3.05, 3.63) is 4.43 Å². The zero-order valence-corrected chi connectivity index (χ0v) is 10.4. The number of halogens is 2. The van der Waals surface area contributed by atoms with Gasteiger partial charge in [-0.1, -0.05) is 59.0 Å². The van der Waals surface area contributed by atoms with Crippen molar-refractivity contribution in [3.63, 3.8) is 0 Å². The van der Waals surface area contributed by atoms with E-state index < -0.39 is 0 Å². The van der Waals surface area contributed by atoms with Gasteiger partial charge in [-0.05, 0) is 19.3 Å². The van der Waals surface area contributed by atoms with E-state index in [0.29, 0.717) is 3.42 Å². The zero-order chi connectivity index (χ0) is 7.49. The summed E-state index contributed by atoms with van der Waals surface area (Å²) >= 11 is 4.82. The molecule has 0 spiro atoms. The highest BCUT2D eigenvalue weighted by Gasteiger charge is 2.19. The molecule has 9 heavy (non-hydrogen) atoms. The van der Waals surface area contributed by atoms with Crippen LogP contribution in [0.5, 0.6) is 0 Å². The molecule has 0 aromatic heterocycles. The minimum absolute atomic E-state index is 0.395. The van der Waals surface area contributed by atoms with Gasteiger partial charge in [0.25, 0.3) is 0 Å². The van der Waals surface area contributed by atoms with E-state index in [1.807, 2.05) is 0 Å². The predicted octanol–water partition coefficient (Wildman–Crippen LogP) is 3.82. The third-order valence-corrected chi connectivity index (χ3v) is 4.35. The van der Waals surface area contributed by atoms with Gasteiger partial charge in [0.05, 0.1) is 0 Å². The zero-order valence-electron chi connectivity index (χ0n) is 6.12. The second-order valence-electron chi connectivity index (χ2n) is 2.99. The summed E-state index contributed by atoms with van der Waals surface area (Å²) in [5, 5.41) is 0. The van der Waals surface area contributed by atoms with E-state index in [0.717, 1.165) is 5.92 Å². The maximum Gasteiger partial charge on any atom is 0.0384 e. The van der Waals surface area contributed by atoms with Gasteiger partial charge in [0.1, 0.15) is 0 Å². The van der Waals surface area contributed by atoms with Crippen LogP contribution in [0.1, 0.15) is 27.2 Å². The van der Waals surface area contributed by atoms with Crippen molar-refractivity contribution in [1.29, 1.82) is 0 Å². The van der Waals surface area contributed by atoms with E-state index in [4.69, 9.17) is 0 Å². The second-order valence-corrected chi connectivity index (χ2v) is 6.07. The fourth-order valence-electron chi connectivity index (χ4n) is 0.843. The average Bonchev–Trinajstić information content (AvgIpc) is 1.63. The molecule has 0 fully saturated rings.